The number of rotatable bonds is 3. The minimum absolute atomic E-state index is 0.0193. The number of halogens is 2. The first-order valence-electron chi connectivity index (χ1n) is 6.93. The van der Waals surface area contributed by atoms with E-state index in [-0.39, 0.29) is 11.9 Å². The first-order valence-corrected chi connectivity index (χ1v) is 8.54. The average molecular weight is 354 g/mol. The molecule has 0 aliphatic heterocycles. The smallest absolute Gasteiger partial charge is 0.127 e. The maximum atomic E-state index is 13.8. The lowest BCUT2D eigenvalue weighted by molar-refractivity contribution is 0.410. The number of benzene rings is 1. The zero-order chi connectivity index (χ0) is 14.1. The van der Waals surface area contributed by atoms with Crippen LogP contribution in [-0.2, 0) is 6.42 Å². The van der Waals surface area contributed by atoms with E-state index in [2.05, 4.69) is 27.3 Å². The molecule has 3 rings (SSSR count). The molecule has 1 N–H and O–H groups in total. The lowest BCUT2D eigenvalue weighted by atomic mass is 9.93. The monoisotopic (exact) mass is 353 g/mol. The molecule has 0 spiro atoms. The molecule has 0 amide bonds. The van der Waals surface area contributed by atoms with Gasteiger partial charge in [0.1, 0.15) is 5.82 Å². The number of aryl methyl sites for hydroxylation is 1. The summed E-state index contributed by atoms with van der Waals surface area (Å²) in [7, 11) is 0. The molecule has 2 atom stereocenters. The van der Waals surface area contributed by atoms with E-state index in [0.717, 1.165) is 18.4 Å². The molecule has 0 saturated carbocycles. The van der Waals surface area contributed by atoms with Crippen molar-refractivity contribution in [3.8, 4) is 0 Å². The van der Waals surface area contributed by atoms with Crippen molar-refractivity contribution >= 4 is 27.3 Å². The summed E-state index contributed by atoms with van der Waals surface area (Å²) in [5.41, 5.74) is 2.13. The van der Waals surface area contributed by atoms with Crippen molar-refractivity contribution < 1.29 is 4.39 Å². The van der Waals surface area contributed by atoms with E-state index in [1.54, 1.807) is 6.07 Å². The Hall–Kier alpha value is -0.710. The Balaban J connectivity index is 1.80. The fraction of sp³-hybridized carbons (Fsp3) is 0.375. The number of thiophene rings is 1. The topological polar surface area (TPSA) is 12.0 Å². The van der Waals surface area contributed by atoms with Gasteiger partial charge in [-0.15, -0.1) is 11.3 Å². The predicted molar refractivity (Wildman–Crippen MR) is 85.6 cm³/mol. The minimum Gasteiger partial charge on any atom is -0.303 e. The second kappa shape index (κ2) is 5.96. The van der Waals surface area contributed by atoms with Gasteiger partial charge in [0.05, 0.1) is 3.79 Å². The van der Waals surface area contributed by atoms with Crippen LogP contribution in [0.2, 0.25) is 0 Å². The molecule has 106 valence electrons. The van der Waals surface area contributed by atoms with E-state index in [1.807, 2.05) is 30.4 Å². The Kier molecular flexibility index (Phi) is 4.24. The van der Waals surface area contributed by atoms with Gasteiger partial charge in [-0.2, -0.15) is 0 Å². The molecule has 2 unspecified atom stereocenters. The van der Waals surface area contributed by atoms with Crippen LogP contribution in [0.15, 0.2) is 34.1 Å². The third-order valence-corrected chi connectivity index (χ3v) is 5.62. The molecule has 2 aromatic rings. The van der Waals surface area contributed by atoms with Crippen molar-refractivity contribution in [1.29, 1.82) is 0 Å². The highest BCUT2D eigenvalue weighted by Crippen LogP contribution is 2.39. The van der Waals surface area contributed by atoms with Crippen LogP contribution in [-0.4, -0.2) is 0 Å². The normalized spacial score (nSPS) is 19.6. The predicted octanol–water partition coefficient (Wildman–Crippen LogP) is 5.38. The molecule has 0 radical (unpaired) electrons. The van der Waals surface area contributed by atoms with Gasteiger partial charge in [0.15, 0.2) is 0 Å². The quantitative estimate of drug-likeness (QED) is 0.781. The molecule has 1 aliphatic carbocycles. The minimum atomic E-state index is -0.130. The van der Waals surface area contributed by atoms with Crippen molar-refractivity contribution in [2.75, 3.05) is 0 Å². The van der Waals surface area contributed by atoms with Crippen LogP contribution < -0.4 is 5.32 Å². The van der Waals surface area contributed by atoms with Crippen molar-refractivity contribution in [3.05, 3.63) is 55.9 Å². The summed E-state index contributed by atoms with van der Waals surface area (Å²) in [6, 6.07) is 9.58. The maximum absolute atomic E-state index is 13.8. The van der Waals surface area contributed by atoms with Crippen LogP contribution in [0, 0.1) is 5.82 Å². The maximum Gasteiger partial charge on any atom is 0.127 e. The van der Waals surface area contributed by atoms with Crippen molar-refractivity contribution in [1.82, 2.24) is 5.32 Å². The van der Waals surface area contributed by atoms with Crippen molar-refractivity contribution in [2.45, 2.75) is 38.3 Å². The number of hydrogen-bond donors (Lipinski definition) is 1. The molecule has 1 aromatic carbocycles. The summed E-state index contributed by atoms with van der Waals surface area (Å²) in [6.45, 7) is 2.04. The van der Waals surface area contributed by atoms with Crippen LogP contribution >= 0.6 is 27.3 Å². The van der Waals surface area contributed by atoms with E-state index in [9.17, 15) is 4.39 Å². The molecule has 20 heavy (non-hydrogen) atoms. The summed E-state index contributed by atoms with van der Waals surface area (Å²) in [5, 5.41) is 3.59. The second-order valence-electron chi connectivity index (χ2n) is 5.28. The third-order valence-electron chi connectivity index (χ3n) is 3.91. The Morgan fingerprint density at radius 3 is 3.00 bits per heavy atom. The Labute approximate surface area is 131 Å². The number of fused-ring (bicyclic) bond motifs is 1. The molecular weight excluding hydrogens is 337 g/mol. The van der Waals surface area contributed by atoms with Gasteiger partial charge in [0, 0.05) is 22.5 Å². The van der Waals surface area contributed by atoms with Gasteiger partial charge in [0.25, 0.3) is 0 Å². The molecule has 0 bridgehead atoms. The Morgan fingerprint density at radius 2 is 2.20 bits per heavy atom. The summed E-state index contributed by atoms with van der Waals surface area (Å²) < 4.78 is 15.0. The lowest BCUT2D eigenvalue weighted by Gasteiger charge is -2.27. The number of hydrogen-bond acceptors (Lipinski definition) is 2. The summed E-state index contributed by atoms with van der Waals surface area (Å²) in [6.07, 6.45) is 3.48. The molecule has 0 saturated heterocycles. The van der Waals surface area contributed by atoms with E-state index < -0.39 is 0 Å². The zero-order valence-electron chi connectivity index (χ0n) is 11.3. The zero-order valence-corrected chi connectivity index (χ0v) is 13.7. The highest BCUT2D eigenvalue weighted by atomic mass is 79.9. The van der Waals surface area contributed by atoms with E-state index in [1.165, 1.54) is 26.7 Å². The van der Waals surface area contributed by atoms with Gasteiger partial charge in [-0.05, 0) is 59.8 Å². The highest BCUT2D eigenvalue weighted by molar-refractivity contribution is 9.11. The van der Waals surface area contributed by atoms with Crippen LogP contribution in [0.3, 0.4) is 0 Å². The van der Waals surface area contributed by atoms with Gasteiger partial charge in [-0.3, -0.25) is 0 Å². The first kappa shape index (κ1) is 14.2. The van der Waals surface area contributed by atoms with Crippen LogP contribution in [0.1, 0.15) is 47.9 Å². The van der Waals surface area contributed by atoms with Gasteiger partial charge in [-0.1, -0.05) is 18.2 Å². The van der Waals surface area contributed by atoms with Gasteiger partial charge >= 0.3 is 0 Å². The molecular formula is C16H17BrFNS. The second-order valence-corrected chi connectivity index (χ2v) is 7.80. The van der Waals surface area contributed by atoms with Crippen LogP contribution in [0.4, 0.5) is 4.39 Å². The lowest BCUT2D eigenvalue weighted by Crippen LogP contribution is -2.27. The van der Waals surface area contributed by atoms with E-state index in [4.69, 9.17) is 0 Å². The fourth-order valence-electron chi connectivity index (χ4n) is 2.91. The molecule has 1 heterocycles. The molecule has 1 nitrogen and oxygen atoms in total. The fourth-order valence-corrected chi connectivity index (χ4v) is 4.73. The molecule has 1 aliphatic rings. The molecule has 1 aromatic heterocycles. The molecule has 4 heteroatoms. The van der Waals surface area contributed by atoms with Gasteiger partial charge in [0.2, 0.25) is 0 Å². The highest BCUT2D eigenvalue weighted by Gasteiger charge is 2.24. The van der Waals surface area contributed by atoms with E-state index >= 15 is 0 Å². The van der Waals surface area contributed by atoms with Crippen molar-refractivity contribution in [3.63, 3.8) is 0 Å². The average Bonchev–Trinajstić information content (AvgIpc) is 2.80. The summed E-state index contributed by atoms with van der Waals surface area (Å²) in [5.74, 6) is -0.130. The molecule has 0 fully saturated rings. The largest absolute Gasteiger partial charge is 0.303 e. The SMILES string of the molecule is CC(NC1CCCc2sc(Br)cc21)c1ccccc1F. The third kappa shape index (κ3) is 2.83. The van der Waals surface area contributed by atoms with E-state index in [0.29, 0.717) is 6.04 Å². The first-order chi connectivity index (χ1) is 9.65. The van der Waals surface area contributed by atoms with Gasteiger partial charge in [-0.25, -0.2) is 4.39 Å². The summed E-state index contributed by atoms with van der Waals surface area (Å²) >= 11 is 5.40. The van der Waals surface area contributed by atoms with Crippen LogP contribution in [0.5, 0.6) is 0 Å². The van der Waals surface area contributed by atoms with Crippen LogP contribution in [0.25, 0.3) is 0 Å². The van der Waals surface area contributed by atoms with Gasteiger partial charge < -0.3 is 5.32 Å². The van der Waals surface area contributed by atoms with Crippen molar-refractivity contribution in [2.24, 2.45) is 0 Å². The standard InChI is InChI=1S/C16H17BrFNS/c1-10(11-5-2-3-6-13(11)18)19-14-7-4-8-15-12(14)9-16(17)20-15/h2-3,5-6,9-10,14,19H,4,7-8H2,1H3. The number of nitrogens with one attached hydrogen (secondary N) is 1. The summed E-state index contributed by atoms with van der Waals surface area (Å²) in [4.78, 5) is 1.46. The Morgan fingerprint density at radius 1 is 1.40 bits per heavy atom. The Bertz CT molecular complexity index is 610.